The maximum atomic E-state index is 13.9. The normalized spacial score (nSPS) is 25.2. The van der Waals surface area contributed by atoms with E-state index in [1.165, 1.54) is 0 Å². The van der Waals surface area contributed by atoms with Crippen molar-refractivity contribution in [2.75, 3.05) is 31.1 Å². The number of hydrogen-bond donors (Lipinski definition) is 2. The summed E-state index contributed by atoms with van der Waals surface area (Å²) in [5.74, 6) is 1.13. The molecule has 3 aromatic rings. The molecule has 2 atom stereocenters. The molecular weight excluding hydrogens is 357 g/mol. The van der Waals surface area contributed by atoms with Crippen molar-refractivity contribution in [2.24, 2.45) is 0 Å². The Kier molecular flexibility index (Phi) is 4.21. The molecule has 0 saturated carbocycles. The van der Waals surface area contributed by atoms with Gasteiger partial charge in [-0.1, -0.05) is 18.2 Å². The second-order valence-corrected chi connectivity index (χ2v) is 7.68. The van der Waals surface area contributed by atoms with Crippen molar-refractivity contribution in [1.29, 1.82) is 0 Å². The zero-order valence-corrected chi connectivity index (χ0v) is 15.4. The zero-order chi connectivity index (χ0) is 19.1. The monoisotopic (exact) mass is 379 g/mol. The standard InChI is InChI=1S/C21H22FN5O/c22-16-9-21(13-28,25-10-16)20-19(23-7-8-24-20)15-11-27(12-15)18-6-5-14-3-1-2-4-17(14)26-18/h1-8,15-16,25,28H,9-13H2/t16-,21+/m0/s1. The minimum absolute atomic E-state index is 0.181. The number of anilines is 1. The summed E-state index contributed by atoms with van der Waals surface area (Å²) in [5.41, 5.74) is 1.65. The van der Waals surface area contributed by atoms with Crippen molar-refractivity contribution in [3.05, 3.63) is 60.2 Å². The molecule has 7 heteroatoms. The van der Waals surface area contributed by atoms with Crippen LogP contribution in [0.3, 0.4) is 0 Å². The Morgan fingerprint density at radius 2 is 1.96 bits per heavy atom. The van der Waals surface area contributed by atoms with Crippen LogP contribution in [0, 0.1) is 0 Å². The van der Waals surface area contributed by atoms with Crippen molar-refractivity contribution in [1.82, 2.24) is 20.3 Å². The van der Waals surface area contributed by atoms with Crippen molar-refractivity contribution in [2.45, 2.75) is 24.0 Å². The van der Waals surface area contributed by atoms with Crippen molar-refractivity contribution in [3.63, 3.8) is 0 Å². The highest BCUT2D eigenvalue weighted by molar-refractivity contribution is 5.80. The largest absolute Gasteiger partial charge is 0.394 e. The van der Waals surface area contributed by atoms with Gasteiger partial charge in [0, 0.05) is 49.8 Å². The molecule has 1 aromatic carbocycles. The first kappa shape index (κ1) is 17.5. The van der Waals surface area contributed by atoms with Crippen LogP contribution in [0.25, 0.3) is 10.9 Å². The summed E-state index contributed by atoms with van der Waals surface area (Å²) in [5, 5.41) is 14.3. The first-order chi connectivity index (χ1) is 13.7. The van der Waals surface area contributed by atoms with Gasteiger partial charge in [0.1, 0.15) is 12.0 Å². The van der Waals surface area contributed by atoms with E-state index in [1.807, 2.05) is 24.3 Å². The van der Waals surface area contributed by atoms with Crippen LogP contribution >= 0.6 is 0 Å². The molecule has 6 nitrogen and oxygen atoms in total. The number of hydrogen-bond acceptors (Lipinski definition) is 6. The number of aromatic nitrogens is 3. The summed E-state index contributed by atoms with van der Waals surface area (Å²) in [6.45, 7) is 1.59. The number of aliphatic hydroxyl groups is 1. The highest BCUT2D eigenvalue weighted by atomic mass is 19.1. The summed E-state index contributed by atoms with van der Waals surface area (Å²) in [6, 6.07) is 12.2. The molecule has 2 aliphatic heterocycles. The summed E-state index contributed by atoms with van der Waals surface area (Å²) in [7, 11) is 0. The molecule has 2 aromatic heterocycles. The number of alkyl halides is 1. The Balaban J connectivity index is 1.39. The lowest BCUT2D eigenvalue weighted by Crippen LogP contribution is -2.49. The van der Waals surface area contributed by atoms with Gasteiger partial charge >= 0.3 is 0 Å². The number of nitrogens with one attached hydrogen (secondary N) is 1. The topological polar surface area (TPSA) is 74.2 Å². The second kappa shape index (κ2) is 6.76. The van der Waals surface area contributed by atoms with Crippen molar-refractivity contribution >= 4 is 16.7 Å². The average Bonchev–Trinajstić information content (AvgIpc) is 3.09. The van der Waals surface area contributed by atoms with E-state index in [1.54, 1.807) is 12.4 Å². The molecule has 2 fully saturated rings. The molecule has 2 N–H and O–H groups in total. The van der Waals surface area contributed by atoms with Gasteiger partial charge in [0.05, 0.1) is 29.1 Å². The molecular formula is C21H22FN5O. The Bertz CT molecular complexity index is 1010. The molecule has 2 aliphatic rings. The van der Waals surface area contributed by atoms with E-state index in [2.05, 4.69) is 32.3 Å². The molecule has 0 amide bonds. The summed E-state index contributed by atoms with van der Waals surface area (Å²) < 4.78 is 13.9. The van der Waals surface area contributed by atoms with Crippen LogP contribution in [0.2, 0.25) is 0 Å². The maximum Gasteiger partial charge on any atom is 0.129 e. The average molecular weight is 379 g/mol. The van der Waals surface area contributed by atoms with Crippen LogP contribution in [0.5, 0.6) is 0 Å². The highest BCUT2D eigenvalue weighted by Crippen LogP contribution is 2.38. The van der Waals surface area contributed by atoms with E-state index in [4.69, 9.17) is 4.98 Å². The molecule has 4 heterocycles. The molecule has 2 saturated heterocycles. The van der Waals surface area contributed by atoms with Crippen LogP contribution < -0.4 is 10.2 Å². The van der Waals surface area contributed by atoms with Gasteiger partial charge in [-0.15, -0.1) is 0 Å². The fraction of sp³-hybridized carbons (Fsp3) is 0.381. The Labute approximate surface area is 162 Å². The molecule has 5 rings (SSSR count). The van der Waals surface area contributed by atoms with Gasteiger partial charge in [-0.2, -0.15) is 0 Å². The van der Waals surface area contributed by atoms with Crippen LogP contribution in [0.15, 0.2) is 48.8 Å². The highest BCUT2D eigenvalue weighted by Gasteiger charge is 2.45. The second-order valence-electron chi connectivity index (χ2n) is 7.68. The molecule has 0 radical (unpaired) electrons. The predicted octanol–water partition coefficient (Wildman–Crippen LogP) is 2.15. The number of rotatable bonds is 4. The molecule has 0 aliphatic carbocycles. The number of benzene rings is 1. The van der Waals surface area contributed by atoms with E-state index >= 15 is 0 Å². The van der Waals surface area contributed by atoms with Crippen molar-refractivity contribution < 1.29 is 9.50 Å². The van der Waals surface area contributed by atoms with E-state index < -0.39 is 11.7 Å². The van der Waals surface area contributed by atoms with Crippen molar-refractivity contribution in [3.8, 4) is 0 Å². The predicted molar refractivity (Wildman–Crippen MR) is 105 cm³/mol. The van der Waals surface area contributed by atoms with Crippen LogP contribution in [-0.4, -0.2) is 52.5 Å². The SMILES string of the molecule is OC[C@@]1(c2nccnc2C2CN(c3ccc4ccccc4n3)C2)C[C@H](F)CN1. The third-order valence-corrected chi connectivity index (χ3v) is 5.86. The first-order valence-corrected chi connectivity index (χ1v) is 9.61. The smallest absolute Gasteiger partial charge is 0.129 e. The lowest BCUT2D eigenvalue weighted by molar-refractivity contribution is 0.165. The fourth-order valence-corrected chi connectivity index (χ4v) is 4.29. The molecule has 144 valence electrons. The number of halogens is 1. The van der Waals surface area contributed by atoms with E-state index in [9.17, 15) is 9.50 Å². The van der Waals surface area contributed by atoms with Gasteiger partial charge in [0.15, 0.2) is 0 Å². The van der Waals surface area contributed by atoms with Gasteiger partial charge < -0.3 is 15.3 Å². The number of nitrogens with zero attached hydrogens (tertiary/aromatic N) is 4. The minimum Gasteiger partial charge on any atom is -0.394 e. The lowest BCUT2D eigenvalue weighted by atomic mass is 9.85. The summed E-state index contributed by atoms with van der Waals surface area (Å²) in [6.07, 6.45) is 2.52. The fourth-order valence-electron chi connectivity index (χ4n) is 4.29. The van der Waals surface area contributed by atoms with Gasteiger partial charge in [-0.05, 0) is 18.2 Å². The Morgan fingerprint density at radius 3 is 2.75 bits per heavy atom. The number of fused-ring (bicyclic) bond motifs is 1. The maximum absolute atomic E-state index is 13.9. The molecule has 0 bridgehead atoms. The summed E-state index contributed by atoms with van der Waals surface area (Å²) >= 11 is 0. The van der Waals surface area contributed by atoms with Gasteiger partial charge in [-0.25, -0.2) is 9.37 Å². The third kappa shape index (κ3) is 2.82. The minimum atomic E-state index is -0.985. The quantitative estimate of drug-likeness (QED) is 0.724. The Morgan fingerprint density at radius 1 is 1.14 bits per heavy atom. The molecule has 28 heavy (non-hydrogen) atoms. The van der Waals surface area contributed by atoms with Gasteiger partial charge in [0.25, 0.3) is 0 Å². The van der Waals surface area contributed by atoms with Crippen LogP contribution in [-0.2, 0) is 5.54 Å². The third-order valence-electron chi connectivity index (χ3n) is 5.86. The number of para-hydroxylation sites is 1. The zero-order valence-electron chi connectivity index (χ0n) is 15.4. The molecule has 0 unspecified atom stereocenters. The Hall–Kier alpha value is -2.64. The number of pyridine rings is 1. The van der Waals surface area contributed by atoms with Crippen LogP contribution in [0.1, 0.15) is 23.7 Å². The van der Waals surface area contributed by atoms with Crippen LogP contribution in [0.4, 0.5) is 10.2 Å². The summed E-state index contributed by atoms with van der Waals surface area (Å²) in [4.78, 5) is 16.0. The molecule has 0 spiro atoms. The van der Waals surface area contributed by atoms with E-state index in [0.29, 0.717) is 5.69 Å². The van der Waals surface area contributed by atoms with E-state index in [-0.39, 0.29) is 25.5 Å². The number of aliphatic hydroxyl groups excluding tert-OH is 1. The first-order valence-electron chi connectivity index (χ1n) is 9.61. The van der Waals surface area contributed by atoms with Gasteiger partial charge in [0.2, 0.25) is 0 Å². The van der Waals surface area contributed by atoms with Gasteiger partial charge in [-0.3, -0.25) is 9.97 Å². The lowest BCUT2D eigenvalue weighted by Gasteiger charge is -2.41. The van der Waals surface area contributed by atoms with E-state index in [0.717, 1.165) is 35.5 Å².